The van der Waals surface area contributed by atoms with E-state index in [0.717, 1.165) is 16.6 Å². The summed E-state index contributed by atoms with van der Waals surface area (Å²) in [6, 6.07) is 62.2. The Labute approximate surface area is 326 Å². The van der Waals surface area contributed by atoms with Crippen molar-refractivity contribution in [1.82, 2.24) is 4.48 Å². The lowest BCUT2D eigenvalue weighted by molar-refractivity contribution is 0.669. The van der Waals surface area contributed by atoms with Gasteiger partial charge in [0.2, 0.25) is 0 Å². The van der Waals surface area contributed by atoms with Gasteiger partial charge < -0.3 is 13.8 Å². The summed E-state index contributed by atoms with van der Waals surface area (Å²) in [5, 5.41) is 10.9. The van der Waals surface area contributed by atoms with Crippen molar-refractivity contribution in [2.75, 3.05) is 4.90 Å². The summed E-state index contributed by atoms with van der Waals surface area (Å²) in [6.45, 7) is -0.0556. The predicted octanol–water partition coefficient (Wildman–Crippen LogP) is 9.00. The van der Waals surface area contributed by atoms with E-state index in [-0.39, 0.29) is 6.85 Å². The first-order valence-corrected chi connectivity index (χ1v) is 22.3. The minimum absolute atomic E-state index is 0.0556. The van der Waals surface area contributed by atoms with Gasteiger partial charge in [0, 0.05) is 48.7 Å². The molecule has 1 spiro atoms. The Morgan fingerprint density at radius 2 is 1.16 bits per heavy atom. The summed E-state index contributed by atoms with van der Waals surface area (Å²) in [5.41, 5.74) is 16.4. The van der Waals surface area contributed by atoms with E-state index in [4.69, 9.17) is 4.42 Å². The molecular formula is C50H27BN2OSSi. The molecule has 15 rings (SSSR count). The lowest BCUT2D eigenvalue weighted by Gasteiger charge is -2.48. The SMILES string of the molecule is c1ccc2c(c1)-c1ccccc1[Si]21c2ccccc2N2c3c(cccc31)B1c3c(cc4c(oc5ccccc54)c32)-c2cccc3c4sc5ccccc5c4n1c23. The normalized spacial score (nSPS) is 14.9. The van der Waals surface area contributed by atoms with Crippen LogP contribution in [0.1, 0.15) is 0 Å². The highest BCUT2D eigenvalue weighted by Gasteiger charge is 2.57. The second-order valence-corrected chi connectivity index (χ2v) is 20.6. The van der Waals surface area contributed by atoms with Crippen molar-refractivity contribution >= 4 is 128 Å². The highest BCUT2D eigenvalue weighted by molar-refractivity contribution is 7.27. The van der Waals surface area contributed by atoms with Gasteiger partial charge in [-0.2, -0.15) is 0 Å². The number of hydrogen-bond donors (Lipinski definition) is 0. The fourth-order valence-electron chi connectivity index (χ4n) is 11.7. The van der Waals surface area contributed by atoms with E-state index in [2.05, 4.69) is 173 Å². The summed E-state index contributed by atoms with van der Waals surface area (Å²) < 4.78 is 12.6. The van der Waals surface area contributed by atoms with Crippen LogP contribution in [0.25, 0.3) is 75.4 Å². The summed E-state index contributed by atoms with van der Waals surface area (Å²) in [4.78, 5) is 2.64. The van der Waals surface area contributed by atoms with Crippen LogP contribution in [-0.4, -0.2) is 19.4 Å². The lowest BCUT2D eigenvalue weighted by Crippen LogP contribution is -2.77. The maximum absolute atomic E-state index is 7.13. The largest absolute Gasteiger partial charge is 0.454 e. The van der Waals surface area contributed by atoms with Crippen molar-refractivity contribution < 1.29 is 4.42 Å². The van der Waals surface area contributed by atoms with E-state index < -0.39 is 8.07 Å². The molecule has 6 heteroatoms. The molecule has 4 aliphatic rings. The third-order valence-corrected chi connectivity index (χ3v) is 19.7. The van der Waals surface area contributed by atoms with Gasteiger partial charge in [-0.05, 0) is 72.6 Å². The van der Waals surface area contributed by atoms with E-state index >= 15 is 0 Å². The van der Waals surface area contributed by atoms with Crippen LogP contribution < -0.4 is 36.6 Å². The van der Waals surface area contributed by atoms with E-state index in [9.17, 15) is 0 Å². The van der Waals surface area contributed by atoms with Gasteiger partial charge in [0.1, 0.15) is 5.58 Å². The molecule has 3 aromatic heterocycles. The van der Waals surface area contributed by atoms with Crippen molar-refractivity contribution in [1.29, 1.82) is 0 Å². The van der Waals surface area contributed by atoms with Crippen LogP contribution in [0.3, 0.4) is 0 Å². The highest BCUT2D eigenvalue weighted by Crippen LogP contribution is 2.52. The maximum Gasteiger partial charge on any atom is 0.333 e. The lowest BCUT2D eigenvalue weighted by atomic mass is 9.45. The molecule has 0 fully saturated rings. The van der Waals surface area contributed by atoms with E-state index in [1.54, 1.807) is 0 Å². The third-order valence-electron chi connectivity index (χ3n) is 13.6. The molecule has 0 bridgehead atoms. The summed E-state index contributed by atoms with van der Waals surface area (Å²) >= 11 is 1.93. The Bertz CT molecular complexity index is 3600. The molecule has 0 saturated carbocycles. The monoisotopic (exact) mass is 742 g/mol. The number of para-hydroxylation sites is 4. The molecular weight excluding hydrogens is 716 g/mol. The van der Waals surface area contributed by atoms with Crippen LogP contribution in [0.5, 0.6) is 0 Å². The average molecular weight is 743 g/mol. The Hall–Kier alpha value is -6.60. The van der Waals surface area contributed by atoms with Crippen molar-refractivity contribution in [3.05, 3.63) is 164 Å². The van der Waals surface area contributed by atoms with Crippen molar-refractivity contribution in [3.8, 4) is 22.3 Å². The number of aromatic nitrogens is 1. The summed E-state index contributed by atoms with van der Waals surface area (Å²) in [6.07, 6.45) is 0. The van der Waals surface area contributed by atoms with Gasteiger partial charge in [-0.25, -0.2) is 0 Å². The molecule has 11 aromatic rings. The van der Waals surface area contributed by atoms with Gasteiger partial charge in [0.25, 0.3) is 0 Å². The fraction of sp³-hybridized carbons (Fsp3) is 0. The number of anilines is 3. The molecule has 0 N–H and O–H groups in total. The molecule has 0 saturated heterocycles. The molecule has 56 heavy (non-hydrogen) atoms. The number of thiophene rings is 1. The molecule has 0 unspecified atom stereocenters. The van der Waals surface area contributed by atoms with E-state index in [0.29, 0.717) is 0 Å². The molecule has 4 aliphatic heterocycles. The van der Waals surface area contributed by atoms with Crippen molar-refractivity contribution in [2.24, 2.45) is 0 Å². The van der Waals surface area contributed by atoms with Crippen LogP contribution in [-0.2, 0) is 0 Å². The minimum Gasteiger partial charge on any atom is -0.454 e. The highest BCUT2D eigenvalue weighted by atomic mass is 32.1. The third kappa shape index (κ3) is 3.00. The Morgan fingerprint density at radius 1 is 0.500 bits per heavy atom. The molecule has 8 aromatic carbocycles. The fourth-order valence-corrected chi connectivity index (χ4v) is 18.4. The van der Waals surface area contributed by atoms with Gasteiger partial charge in [-0.15, -0.1) is 11.3 Å². The van der Waals surface area contributed by atoms with Crippen LogP contribution in [0.2, 0.25) is 0 Å². The summed E-state index contributed by atoms with van der Waals surface area (Å²) in [7, 11) is -2.80. The summed E-state index contributed by atoms with van der Waals surface area (Å²) in [5.74, 6) is 0. The maximum atomic E-state index is 7.13. The van der Waals surface area contributed by atoms with Crippen LogP contribution >= 0.6 is 11.3 Å². The molecule has 0 atom stereocenters. The Balaban J connectivity index is 1.20. The van der Waals surface area contributed by atoms with Gasteiger partial charge in [0.15, 0.2) is 13.7 Å². The molecule has 0 radical (unpaired) electrons. The quantitative estimate of drug-likeness (QED) is 0.145. The van der Waals surface area contributed by atoms with E-state index in [1.807, 2.05) is 11.3 Å². The van der Waals surface area contributed by atoms with Crippen LogP contribution in [0, 0.1) is 0 Å². The van der Waals surface area contributed by atoms with Crippen LogP contribution in [0.4, 0.5) is 17.1 Å². The first-order chi connectivity index (χ1) is 27.8. The van der Waals surface area contributed by atoms with Crippen molar-refractivity contribution in [2.45, 2.75) is 0 Å². The van der Waals surface area contributed by atoms with Gasteiger partial charge in [-0.3, -0.25) is 0 Å². The zero-order valence-corrected chi connectivity index (χ0v) is 31.7. The molecule has 0 aliphatic carbocycles. The van der Waals surface area contributed by atoms with Gasteiger partial charge >= 0.3 is 6.85 Å². The standard InChI is InChI=1S/C50H27BN2OSSi/c1-6-21-38-28(13-1)35-27-34-31-17-11-18-33-45(31)53(46-32-16-2-7-22-39(32)55-50(33)46)51-36-19-12-26-43-47(36)52(48(44(34)51)49(35)54-38)37-20-5-10-25-42(37)56(43)40-23-8-3-14-29(40)30-15-4-9-24-41(30)56/h1-27H. The minimum atomic E-state index is -2.80. The predicted molar refractivity (Wildman–Crippen MR) is 239 cm³/mol. The molecule has 7 heterocycles. The molecule has 0 amide bonds. The number of benzene rings is 8. The zero-order chi connectivity index (χ0) is 36.0. The number of furan rings is 1. The first kappa shape index (κ1) is 28.8. The van der Waals surface area contributed by atoms with Crippen molar-refractivity contribution in [3.63, 3.8) is 0 Å². The van der Waals surface area contributed by atoms with Gasteiger partial charge in [-0.1, -0.05) is 140 Å². The Morgan fingerprint density at radius 3 is 2.02 bits per heavy atom. The number of fused-ring (bicyclic) bond motifs is 22. The zero-order valence-electron chi connectivity index (χ0n) is 29.9. The Kier molecular flexibility index (Phi) is 4.94. The topological polar surface area (TPSA) is 21.3 Å². The second-order valence-electron chi connectivity index (χ2n) is 15.8. The number of nitrogens with zero attached hydrogens (tertiary/aromatic N) is 2. The van der Waals surface area contributed by atoms with Gasteiger partial charge in [0.05, 0.1) is 15.9 Å². The molecule has 3 nitrogen and oxygen atoms in total. The molecule has 256 valence electrons. The van der Waals surface area contributed by atoms with E-state index in [1.165, 1.54) is 108 Å². The average Bonchev–Trinajstić information content (AvgIpc) is 3.99. The number of hydrogen-bond acceptors (Lipinski definition) is 3. The van der Waals surface area contributed by atoms with Crippen LogP contribution in [0.15, 0.2) is 168 Å². The first-order valence-electron chi connectivity index (χ1n) is 19.5. The number of rotatable bonds is 0. The second kappa shape index (κ2) is 9.61. The smallest absolute Gasteiger partial charge is 0.333 e.